The Hall–Kier alpha value is -1.25. The second-order valence-electron chi connectivity index (χ2n) is 7.10. The maximum Gasteiger partial charge on any atom is 2.00 e. The SMILES string of the molecule is COc1ccc([C@@H]2Sc3ccccc3N(CCN(C)C)C(=O)[C@@H]2OC(C)=O)cc1.[Ca+2].[H-].[H-]. The van der Waals surface area contributed by atoms with E-state index in [0.717, 1.165) is 21.9 Å². The molecular weight excluding hydrogens is 428 g/mol. The van der Waals surface area contributed by atoms with Gasteiger partial charge in [0.05, 0.1) is 18.0 Å². The summed E-state index contributed by atoms with van der Waals surface area (Å²) >= 11 is 1.54. The molecule has 0 aromatic heterocycles. The van der Waals surface area contributed by atoms with E-state index in [-0.39, 0.29) is 51.7 Å². The van der Waals surface area contributed by atoms with Crippen molar-refractivity contribution in [1.82, 2.24) is 4.90 Å². The molecule has 6 nitrogen and oxygen atoms in total. The van der Waals surface area contributed by atoms with Gasteiger partial charge in [-0.25, -0.2) is 0 Å². The van der Waals surface area contributed by atoms with Gasteiger partial charge in [0.2, 0.25) is 0 Å². The Morgan fingerprint density at radius 3 is 2.43 bits per heavy atom. The quantitative estimate of drug-likeness (QED) is 0.491. The van der Waals surface area contributed by atoms with Crippen LogP contribution in [-0.4, -0.2) is 94.9 Å². The number of fused-ring (bicyclic) bond motifs is 1. The molecule has 0 bridgehead atoms. The predicted octanol–water partition coefficient (Wildman–Crippen LogP) is 3.21. The molecule has 8 heteroatoms. The summed E-state index contributed by atoms with van der Waals surface area (Å²) in [5.41, 5.74) is 1.75. The van der Waals surface area contributed by atoms with Crippen LogP contribution in [0.15, 0.2) is 53.4 Å². The maximum absolute atomic E-state index is 13.6. The molecule has 0 saturated carbocycles. The third-order valence-corrected chi connectivity index (χ3v) is 6.07. The van der Waals surface area contributed by atoms with E-state index in [4.69, 9.17) is 9.47 Å². The molecule has 0 unspecified atom stereocenters. The number of ether oxygens (including phenoxy) is 2. The molecule has 0 saturated heterocycles. The van der Waals surface area contributed by atoms with Crippen molar-refractivity contribution in [3.63, 3.8) is 0 Å². The van der Waals surface area contributed by atoms with E-state index in [1.807, 2.05) is 67.5 Å². The number of anilines is 1. The summed E-state index contributed by atoms with van der Waals surface area (Å²) in [4.78, 5) is 30.2. The van der Waals surface area contributed by atoms with E-state index in [0.29, 0.717) is 13.1 Å². The van der Waals surface area contributed by atoms with Crippen LogP contribution in [0.5, 0.6) is 5.75 Å². The average molecular weight is 457 g/mol. The van der Waals surface area contributed by atoms with Crippen molar-refractivity contribution < 1.29 is 21.9 Å². The minimum absolute atomic E-state index is 0. The summed E-state index contributed by atoms with van der Waals surface area (Å²) in [7, 11) is 5.54. The average Bonchev–Trinajstić information content (AvgIpc) is 2.81. The molecule has 1 aliphatic heterocycles. The minimum Gasteiger partial charge on any atom is -1.00 e. The molecule has 0 fully saturated rings. The number of para-hydroxylation sites is 1. The van der Waals surface area contributed by atoms with Crippen molar-refractivity contribution in [3.8, 4) is 5.75 Å². The molecule has 1 aliphatic rings. The number of carbonyl (C=O) groups is 2. The Bertz CT molecular complexity index is 886. The third-order valence-electron chi connectivity index (χ3n) is 4.70. The zero-order valence-electron chi connectivity index (χ0n) is 19.8. The fourth-order valence-corrected chi connectivity index (χ4v) is 4.56. The van der Waals surface area contributed by atoms with Crippen molar-refractivity contribution in [2.75, 3.05) is 39.2 Å². The normalized spacial score (nSPS) is 18.3. The molecule has 3 rings (SSSR count). The van der Waals surface area contributed by atoms with Crippen molar-refractivity contribution in [2.45, 2.75) is 23.2 Å². The number of benzene rings is 2. The molecule has 0 radical (unpaired) electrons. The summed E-state index contributed by atoms with van der Waals surface area (Å²) in [6.45, 7) is 2.55. The van der Waals surface area contributed by atoms with Gasteiger partial charge in [-0.2, -0.15) is 0 Å². The zero-order chi connectivity index (χ0) is 21.0. The van der Waals surface area contributed by atoms with Crippen LogP contribution >= 0.6 is 11.8 Å². The minimum atomic E-state index is -0.916. The molecule has 2 aromatic carbocycles. The Kier molecular flexibility index (Phi) is 9.50. The fraction of sp³-hybridized carbons (Fsp3) is 0.364. The Morgan fingerprint density at radius 1 is 1.17 bits per heavy atom. The molecule has 1 amide bonds. The van der Waals surface area contributed by atoms with Gasteiger partial charge in [-0.05, 0) is 43.9 Å². The third kappa shape index (κ3) is 5.92. The number of amides is 1. The molecule has 1 heterocycles. The van der Waals surface area contributed by atoms with Crippen LogP contribution in [-0.2, 0) is 14.3 Å². The number of hydrogen-bond donors (Lipinski definition) is 0. The summed E-state index contributed by atoms with van der Waals surface area (Å²) < 4.78 is 10.8. The van der Waals surface area contributed by atoms with Crippen molar-refractivity contribution in [1.29, 1.82) is 0 Å². The second kappa shape index (κ2) is 11.4. The Morgan fingerprint density at radius 2 is 1.83 bits per heavy atom. The number of thioether (sulfide) groups is 1. The maximum atomic E-state index is 13.6. The monoisotopic (exact) mass is 456 g/mol. The van der Waals surface area contributed by atoms with E-state index >= 15 is 0 Å². The van der Waals surface area contributed by atoms with Crippen LogP contribution in [0.3, 0.4) is 0 Å². The van der Waals surface area contributed by atoms with Gasteiger partial charge < -0.3 is 22.1 Å². The zero-order valence-corrected chi connectivity index (χ0v) is 20.9. The van der Waals surface area contributed by atoms with E-state index in [2.05, 4.69) is 0 Å². The smallest absolute Gasteiger partial charge is 1.00 e. The van der Waals surface area contributed by atoms with Gasteiger partial charge in [0.25, 0.3) is 5.91 Å². The van der Waals surface area contributed by atoms with Crippen molar-refractivity contribution in [3.05, 3.63) is 54.1 Å². The topological polar surface area (TPSA) is 59.1 Å². The van der Waals surface area contributed by atoms with E-state index in [1.54, 1.807) is 23.8 Å². The van der Waals surface area contributed by atoms with Gasteiger partial charge in [0, 0.05) is 24.9 Å². The van der Waals surface area contributed by atoms with Crippen molar-refractivity contribution >= 4 is 67.1 Å². The van der Waals surface area contributed by atoms with Crippen LogP contribution in [0.25, 0.3) is 0 Å². The number of nitrogens with zero attached hydrogens (tertiary/aromatic N) is 2. The van der Waals surface area contributed by atoms with E-state index < -0.39 is 12.1 Å². The molecule has 2 aromatic rings. The van der Waals surface area contributed by atoms with Gasteiger partial charge in [0.1, 0.15) is 5.75 Å². The van der Waals surface area contributed by atoms with Crippen molar-refractivity contribution in [2.24, 2.45) is 0 Å². The van der Waals surface area contributed by atoms with Crippen LogP contribution in [0, 0.1) is 0 Å². The number of carbonyl (C=O) groups excluding carboxylic acids is 2. The molecule has 0 aliphatic carbocycles. The summed E-state index contributed by atoms with van der Waals surface area (Å²) in [6, 6.07) is 15.4. The summed E-state index contributed by atoms with van der Waals surface area (Å²) in [5.74, 6) is 0.0528. The van der Waals surface area contributed by atoms with Crippen LogP contribution in [0.2, 0.25) is 0 Å². The van der Waals surface area contributed by atoms with E-state index in [1.165, 1.54) is 6.92 Å². The Labute approximate surface area is 214 Å². The number of esters is 1. The van der Waals surface area contributed by atoms with Crippen LogP contribution in [0.1, 0.15) is 20.6 Å². The molecule has 0 N–H and O–H groups in total. The number of hydrogen-bond acceptors (Lipinski definition) is 6. The molecule has 30 heavy (non-hydrogen) atoms. The van der Waals surface area contributed by atoms with Gasteiger partial charge in [-0.3, -0.25) is 9.59 Å². The first-order chi connectivity index (χ1) is 13.9. The largest absolute Gasteiger partial charge is 2.00 e. The predicted molar refractivity (Wildman–Crippen MR) is 122 cm³/mol. The number of methoxy groups -OCH3 is 1. The molecule has 2 atom stereocenters. The first kappa shape index (κ1) is 25.0. The standard InChI is InChI=1S/C22H26N2O4S.Ca.2H/c1-15(25)28-20-21(16-9-11-17(27-4)12-10-16)29-19-8-6-5-7-18(19)24(22(20)26)14-13-23(2)3;;;/h5-12,20-21H,13-14H2,1-4H3;;;/q;+2;2*-1/t20-,21+;;;/m1.../s1. The molecule has 158 valence electrons. The first-order valence-corrected chi connectivity index (χ1v) is 10.3. The Balaban J connectivity index is 0.00000320. The summed E-state index contributed by atoms with van der Waals surface area (Å²) in [5, 5.41) is -0.359. The summed E-state index contributed by atoms with van der Waals surface area (Å²) in [6.07, 6.45) is -0.916. The van der Waals surface area contributed by atoms with Crippen LogP contribution < -0.4 is 9.64 Å². The van der Waals surface area contributed by atoms with E-state index in [9.17, 15) is 9.59 Å². The molecular formula is C22H28CaN2O4S. The van der Waals surface area contributed by atoms with Gasteiger partial charge in [-0.15, -0.1) is 11.8 Å². The number of rotatable bonds is 6. The van der Waals surface area contributed by atoms with Crippen LogP contribution in [0.4, 0.5) is 5.69 Å². The van der Waals surface area contributed by atoms with Gasteiger partial charge in [-0.1, -0.05) is 24.3 Å². The molecule has 0 spiro atoms. The first-order valence-electron chi connectivity index (χ1n) is 9.43. The fourth-order valence-electron chi connectivity index (χ4n) is 3.24. The van der Waals surface area contributed by atoms with Gasteiger partial charge in [0.15, 0.2) is 6.10 Å². The second-order valence-corrected chi connectivity index (χ2v) is 8.29. The number of likely N-dealkylation sites (N-methyl/N-ethyl adjacent to an activating group) is 1. The van der Waals surface area contributed by atoms with Gasteiger partial charge >= 0.3 is 43.7 Å².